The van der Waals surface area contributed by atoms with E-state index in [0.717, 1.165) is 64.8 Å². The van der Waals surface area contributed by atoms with Crippen molar-refractivity contribution in [2.24, 2.45) is 41.4 Å². The van der Waals surface area contributed by atoms with Gasteiger partial charge in [0.05, 0.1) is 18.3 Å². The Hall–Kier alpha value is -0.160. The normalized spacial score (nSPS) is 38.9. The second kappa shape index (κ2) is 11.6. The van der Waals surface area contributed by atoms with Crippen LogP contribution >= 0.6 is 0 Å². The average Bonchev–Trinajstić information content (AvgIpc) is 2.91. The van der Waals surface area contributed by atoms with E-state index >= 15 is 0 Å². The molecule has 30 heavy (non-hydrogen) atoms. The van der Waals surface area contributed by atoms with Crippen molar-refractivity contribution in [3.63, 3.8) is 0 Å². The summed E-state index contributed by atoms with van der Waals surface area (Å²) in [6.07, 6.45) is 9.39. The summed E-state index contributed by atoms with van der Waals surface area (Å²) in [5, 5.41) is 22.0. The van der Waals surface area contributed by atoms with Crippen LogP contribution < -0.4 is 0 Å². The van der Waals surface area contributed by atoms with Crippen LogP contribution in [0.15, 0.2) is 0 Å². The maximum atomic E-state index is 11.2. The van der Waals surface area contributed by atoms with Crippen molar-refractivity contribution >= 4 is 0 Å². The molecule has 1 saturated carbocycles. The SMILES string of the molecule is CC(CC1OCC[C@H](C(C)CC2CCC[C@H](C(C)C)[C@@H](O)C2)[C@H]1O)C1CCOCC1. The molecule has 2 saturated heterocycles. The Kier molecular flexibility index (Phi) is 9.49. The third kappa shape index (κ3) is 6.43. The Morgan fingerprint density at radius 3 is 2.23 bits per heavy atom. The van der Waals surface area contributed by atoms with E-state index in [1.165, 1.54) is 12.8 Å². The molecule has 3 rings (SSSR count). The van der Waals surface area contributed by atoms with Gasteiger partial charge < -0.3 is 19.7 Å². The van der Waals surface area contributed by atoms with Crippen molar-refractivity contribution < 1.29 is 19.7 Å². The van der Waals surface area contributed by atoms with E-state index in [4.69, 9.17) is 9.47 Å². The third-order valence-corrected chi connectivity index (χ3v) is 8.79. The van der Waals surface area contributed by atoms with Crippen LogP contribution in [0.5, 0.6) is 0 Å². The molecule has 8 atom stereocenters. The van der Waals surface area contributed by atoms with E-state index in [1.807, 2.05) is 0 Å². The van der Waals surface area contributed by atoms with Gasteiger partial charge >= 0.3 is 0 Å². The lowest BCUT2D eigenvalue weighted by atomic mass is 9.74. The summed E-state index contributed by atoms with van der Waals surface area (Å²) in [6, 6.07) is 0. The van der Waals surface area contributed by atoms with Crippen LogP contribution in [-0.4, -0.2) is 48.3 Å². The molecule has 4 heteroatoms. The zero-order valence-corrected chi connectivity index (χ0v) is 20.0. The van der Waals surface area contributed by atoms with Gasteiger partial charge in [0.25, 0.3) is 0 Å². The zero-order chi connectivity index (χ0) is 21.7. The van der Waals surface area contributed by atoms with E-state index in [-0.39, 0.29) is 18.3 Å². The summed E-state index contributed by atoms with van der Waals surface area (Å²) in [5.41, 5.74) is 0. The molecule has 1 aliphatic carbocycles. The molecule has 3 aliphatic rings. The zero-order valence-electron chi connectivity index (χ0n) is 20.0. The number of aliphatic hydroxyl groups excluding tert-OH is 2. The summed E-state index contributed by atoms with van der Waals surface area (Å²) in [5.74, 6) is 3.70. The van der Waals surface area contributed by atoms with Gasteiger partial charge in [0.15, 0.2) is 0 Å². The molecule has 176 valence electrons. The Bertz CT molecular complexity index is 489. The highest BCUT2D eigenvalue weighted by Gasteiger charge is 2.39. The minimum Gasteiger partial charge on any atom is -0.393 e. The average molecular weight is 425 g/mol. The fraction of sp³-hybridized carbons (Fsp3) is 1.00. The summed E-state index contributed by atoms with van der Waals surface area (Å²) >= 11 is 0. The maximum Gasteiger partial charge on any atom is 0.0839 e. The van der Waals surface area contributed by atoms with Crippen LogP contribution in [0.2, 0.25) is 0 Å². The fourth-order valence-electron chi connectivity index (χ4n) is 6.73. The molecule has 2 heterocycles. The van der Waals surface area contributed by atoms with Gasteiger partial charge in [0.1, 0.15) is 0 Å². The minimum absolute atomic E-state index is 0.0194. The number of hydrogen-bond acceptors (Lipinski definition) is 4. The molecule has 2 aliphatic heterocycles. The second-order valence-corrected chi connectivity index (χ2v) is 11.2. The van der Waals surface area contributed by atoms with E-state index in [1.54, 1.807) is 0 Å². The Labute approximate surface area is 185 Å². The van der Waals surface area contributed by atoms with E-state index < -0.39 is 0 Å². The van der Waals surface area contributed by atoms with Crippen LogP contribution in [0.3, 0.4) is 0 Å². The quantitative estimate of drug-likeness (QED) is 0.561. The molecule has 0 amide bonds. The van der Waals surface area contributed by atoms with E-state index in [0.29, 0.717) is 41.4 Å². The van der Waals surface area contributed by atoms with Gasteiger partial charge in [0.2, 0.25) is 0 Å². The first kappa shape index (κ1) is 24.5. The molecule has 0 aromatic heterocycles. The van der Waals surface area contributed by atoms with Crippen molar-refractivity contribution in [2.75, 3.05) is 19.8 Å². The standard InChI is InChI=1S/C26H48O4/c1-17(2)22-7-5-6-20(16-24(22)27)14-19(4)23-10-13-30-25(26(23)28)15-18(3)21-8-11-29-12-9-21/h17-28H,5-16H2,1-4H3/t18?,19?,20?,22-,23-,24+,25?,26-/m1/s1. The van der Waals surface area contributed by atoms with Gasteiger partial charge in [-0.1, -0.05) is 40.5 Å². The Morgan fingerprint density at radius 2 is 1.53 bits per heavy atom. The summed E-state index contributed by atoms with van der Waals surface area (Å²) in [4.78, 5) is 0. The minimum atomic E-state index is -0.352. The topological polar surface area (TPSA) is 58.9 Å². The van der Waals surface area contributed by atoms with Gasteiger partial charge in [0, 0.05) is 19.8 Å². The largest absolute Gasteiger partial charge is 0.393 e. The molecule has 0 aromatic rings. The summed E-state index contributed by atoms with van der Waals surface area (Å²) in [7, 11) is 0. The highest BCUT2D eigenvalue weighted by molar-refractivity contribution is 4.88. The second-order valence-electron chi connectivity index (χ2n) is 11.2. The van der Waals surface area contributed by atoms with E-state index in [9.17, 15) is 10.2 Å². The van der Waals surface area contributed by atoms with Crippen LogP contribution in [0, 0.1) is 41.4 Å². The van der Waals surface area contributed by atoms with Gasteiger partial charge in [-0.25, -0.2) is 0 Å². The van der Waals surface area contributed by atoms with E-state index in [2.05, 4.69) is 27.7 Å². The predicted molar refractivity (Wildman–Crippen MR) is 121 cm³/mol. The van der Waals surface area contributed by atoms with Crippen molar-refractivity contribution in [1.82, 2.24) is 0 Å². The summed E-state index contributed by atoms with van der Waals surface area (Å²) in [6.45, 7) is 11.7. The van der Waals surface area contributed by atoms with Crippen molar-refractivity contribution in [3.8, 4) is 0 Å². The molecule has 0 bridgehead atoms. The molecule has 4 nitrogen and oxygen atoms in total. The molecule has 4 unspecified atom stereocenters. The fourth-order valence-corrected chi connectivity index (χ4v) is 6.73. The predicted octanol–water partition coefficient (Wildman–Crippen LogP) is 5.05. The highest BCUT2D eigenvalue weighted by atomic mass is 16.5. The van der Waals surface area contributed by atoms with Crippen LogP contribution in [0.1, 0.15) is 85.5 Å². The maximum absolute atomic E-state index is 11.2. The molecule has 0 radical (unpaired) electrons. The number of ether oxygens (including phenoxy) is 2. The molecule has 3 fully saturated rings. The van der Waals surface area contributed by atoms with Gasteiger partial charge in [-0.3, -0.25) is 0 Å². The van der Waals surface area contributed by atoms with Gasteiger partial charge in [-0.05, 0) is 86.4 Å². The lowest BCUT2D eigenvalue weighted by Crippen LogP contribution is -2.45. The monoisotopic (exact) mass is 424 g/mol. The van der Waals surface area contributed by atoms with Crippen LogP contribution in [0.25, 0.3) is 0 Å². The number of rotatable bonds is 7. The first-order valence-corrected chi connectivity index (χ1v) is 12.9. The Morgan fingerprint density at radius 1 is 0.800 bits per heavy atom. The molecule has 0 aromatic carbocycles. The van der Waals surface area contributed by atoms with Crippen molar-refractivity contribution in [2.45, 2.75) is 104 Å². The van der Waals surface area contributed by atoms with Gasteiger partial charge in [-0.2, -0.15) is 0 Å². The molecular weight excluding hydrogens is 376 g/mol. The number of hydrogen-bond donors (Lipinski definition) is 2. The Balaban J connectivity index is 1.51. The smallest absolute Gasteiger partial charge is 0.0839 e. The summed E-state index contributed by atoms with van der Waals surface area (Å²) < 4.78 is 11.6. The lowest BCUT2D eigenvalue weighted by Gasteiger charge is -2.41. The first-order chi connectivity index (χ1) is 14.4. The van der Waals surface area contributed by atoms with Crippen molar-refractivity contribution in [1.29, 1.82) is 0 Å². The van der Waals surface area contributed by atoms with Crippen LogP contribution in [-0.2, 0) is 9.47 Å². The highest BCUT2D eigenvalue weighted by Crippen LogP contribution is 2.39. The van der Waals surface area contributed by atoms with Gasteiger partial charge in [-0.15, -0.1) is 0 Å². The number of aliphatic hydroxyl groups is 2. The molecule has 0 spiro atoms. The molecular formula is C26H48O4. The lowest BCUT2D eigenvalue weighted by molar-refractivity contribution is -0.129. The van der Waals surface area contributed by atoms with Crippen LogP contribution in [0.4, 0.5) is 0 Å². The first-order valence-electron chi connectivity index (χ1n) is 12.9. The van der Waals surface area contributed by atoms with Crippen molar-refractivity contribution in [3.05, 3.63) is 0 Å². The molecule has 2 N–H and O–H groups in total. The third-order valence-electron chi connectivity index (χ3n) is 8.79.